The first kappa shape index (κ1) is 20.5. The average molecular weight is 418 g/mol. The van der Waals surface area contributed by atoms with Gasteiger partial charge in [-0.3, -0.25) is 0 Å². The number of rotatable bonds is 3. The predicted molar refractivity (Wildman–Crippen MR) is 119 cm³/mol. The Morgan fingerprint density at radius 2 is 1.94 bits per heavy atom. The molecule has 2 N–H and O–H groups in total. The lowest BCUT2D eigenvalue weighted by atomic mass is 9.50. The highest BCUT2D eigenvalue weighted by molar-refractivity contribution is 5.44. The van der Waals surface area contributed by atoms with Gasteiger partial charge in [0.2, 0.25) is 0 Å². The van der Waals surface area contributed by atoms with Gasteiger partial charge in [-0.25, -0.2) is 0 Å². The summed E-state index contributed by atoms with van der Waals surface area (Å²) < 4.78 is 5.51. The molecule has 0 unspecified atom stereocenters. The number of hydrogen-bond acceptors (Lipinski definition) is 4. The van der Waals surface area contributed by atoms with Crippen LogP contribution in [0.3, 0.4) is 0 Å². The fraction of sp³-hybridized carbons (Fsp3) is 0.519. The van der Waals surface area contributed by atoms with E-state index in [0.29, 0.717) is 24.2 Å². The molecule has 0 radical (unpaired) electrons. The molecule has 2 saturated carbocycles. The molecule has 4 nitrogen and oxygen atoms in total. The van der Waals surface area contributed by atoms with Crippen molar-refractivity contribution in [2.45, 2.75) is 62.6 Å². The second kappa shape index (κ2) is 7.36. The van der Waals surface area contributed by atoms with Gasteiger partial charge in [-0.2, -0.15) is 5.26 Å². The van der Waals surface area contributed by atoms with Crippen LogP contribution >= 0.6 is 0 Å². The Morgan fingerprint density at radius 3 is 2.65 bits per heavy atom. The van der Waals surface area contributed by atoms with E-state index in [9.17, 15) is 15.5 Å². The van der Waals surface area contributed by atoms with Gasteiger partial charge in [-0.15, -0.1) is 0 Å². The Hall–Kier alpha value is -2.35. The van der Waals surface area contributed by atoms with Crippen molar-refractivity contribution in [3.63, 3.8) is 0 Å². The molecular formula is C27H31NO3. The third-order valence-electron chi connectivity index (χ3n) is 8.97. The Labute approximate surface area is 184 Å². The summed E-state index contributed by atoms with van der Waals surface area (Å²) in [5.41, 5.74) is 2.27. The number of nitriles is 1. The van der Waals surface area contributed by atoms with Crippen molar-refractivity contribution in [1.29, 1.82) is 5.26 Å². The van der Waals surface area contributed by atoms with E-state index in [4.69, 9.17) is 4.74 Å². The lowest BCUT2D eigenvalue weighted by Gasteiger charge is -2.55. The standard InChI is InChI=1S/C27H31NO3/c1-26-11-10-21-20-9-8-19(31-2)14-18(20)15-22(17-6-4-3-5-7-17)25(21)23(26)16-24(29)27(26,30)12-13-28/h3-9,14,21-25,29-30H,10-12,15-16H2,1-2H3/t21-,22+,23+,24-,25+,26+,27+/m1/s1. The molecule has 31 heavy (non-hydrogen) atoms. The third kappa shape index (κ3) is 2.87. The fourth-order valence-electron chi connectivity index (χ4n) is 7.33. The molecule has 0 aromatic heterocycles. The monoisotopic (exact) mass is 417 g/mol. The molecule has 2 aromatic rings. The molecule has 7 atom stereocenters. The Morgan fingerprint density at radius 1 is 1.16 bits per heavy atom. The molecule has 3 aliphatic rings. The number of fused-ring (bicyclic) bond motifs is 5. The summed E-state index contributed by atoms with van der Waals surface area (Å²) >= 11 is 0. The Kier molecular flexibility index (Phi) is 4.88. The highest BCUT2D eigenvalue weighted by Gasteiger charge is 2.66. The summed E-state index contributed by atoms with van der Waals surface area (Å²) in [4.78, 5) is 0. The van der Waals surface area contributed by atoms with Gasteiger partial charge in [-0.05, 0) is 78.2 Å². The summed E-state index contributed by atoms with van der Waals surface area (Å²) in [6.45, 7) is 2.12. The lowest BCUT2D eigenvalue weighted by molar-refractivity contribution is -0.139. The molecule has 0 amide bonds. The van der Waals surface area contributed by atoms with Crippen molar-refractivity contribution in [1.82, 2.24) is 0 Å². The predicted octanol–water partition coefficient (Wildman–Crippen LogP) is 4.56. The minimum atomic E-state index is -1.33. The second-order valence-electron chi connectivity index (χ2n) is 10.0. The molecule has 162 valence electrons. The number of aliphatic hydroxyl groups excluding tert-OH is 1. The van der Waals surface area contributed by atoms with Gasteiger partial charge >= 0.3 is 0 Å². The van der Waals surface area contributed by atoms with E-state index >= 15 is 0 Å². The van der Waals surface area contributed by atoms with Crippen molar-refractivity contribution in [2.24, 2.45) is 17.3 Å². The van der Waals surface area contributed by atoms with E-state index in [-0.39, 0.29) is 12.3 Å². The van der Waals surface area contributed by atoms with E-state index in [1.54, 1.807) is 7.11 Å². The van der Waals surface area contributed by atoms with E-state index in [1.807, 2.05) is 0 Å². The smallest absolute Gasteiger partial charge is 0.119 e. The van der Waals surface area contributed by atoms with Crippen LogP contribution in [0.25, 0.3) is 0 Å². The number of aliphatic hydroxyl groups is 2. The maximum atomic E-state index is 11.5. The molecule has 5 rings (SSSR count). The third-order valence-corrected chi connectivity index (χ3v) is 8.97. The van der Waals surface area contributed by atoms with Gasteiger partial charge in [0.05, 0.1) is 25.7 Å². The number of nitrogens with zero attached hydrogens (tertiary/aromatic N) is 1. The van der Waals surface area contributed by atoms with E-state index in [2.05, 4.69) is 61.5 Å². The highest BCUT2D eigenvalue weighted by atomic mass is 16.5. The average Bonchev–Trinajstić information content (AvgIpc) is 2.99. The summed E-state index contributed by atoms with van der Waals surface area (Å²) in [5.74, 6) is 2.08. The Balaban J connectivity index is 1.64. The molecule has 2 aromatic carbocycles. The van der Waals surface area contributed by atoms with Crippen LogP contribution in [0.15, 0.2) is 48.5 Å². The van der Waals surface area contributed by atoms with Crippen molar-refractivity contribution in [2.75, 3.05) is 7.11 Å². The number of hydrogen-bond donors (Lipinski definition) is 2. The molecule has 3 aliphatic carbocycles. The Bertz CT molecular complexity index is 1010. The number of benzene rings is 2. The van der Waals surface area contributed by atoms with Crippen LogP contribution in [0.2, 0.25) is 0 Å². The van der Waals surface area contributed by atoms with E-state index in [1.165, 1.54) is 16.7 Å². The molecule has 0 heterocycles. The zero-order valence-electron chi connectivity index (χ0n) is 18.3. The van der Waals surface area contributed by atoms with Gasteiger partial charge in [0.15, 0.2) is 0 Å². The summed E-state index contributed by atoms with van der Waals surface area (Å²) in [7, 11) is 1.71. The zero-order chi connectivity index (χ0) is 21.8. The van der Waals surface area contributed by atoms with Gasteiger partial charge < -0.3 is 14.9 Å². The van der Waals surface area contributed by atoms with Crippen LogP contribution < -0.4 is 4.74 Å². The van der Waals surface area contributed by atoms with Crippen molar-refractivity contribution < 1.29 is 14.9 Å². The van der Waals surface area contributed by atoms with Gasteiger partial charge in [-0.1, -0.05) is 43.3 Å². The summed E-state index contributed by atoms with van der Waals surface area (Å²) in [6.07, 6.45) is 2.40. The summed E-state index contributed by atoms with van der Waals surface area (Å²) in [5, 5.41) is 31.9. The first-order valence-corrected chi connectivity index (χ1v) is 11.4. The van der Waals surface area contributed by atoms with Gasteiger partial charge in [0.1, 0.15) is 11.4 Å². The molecule has 0 aliphatic heterocycles. The minimum absolute atomic E-state index is 0.0116. The van der Waals surface area contributed by atoms with Crippen LogP contribution in [0.5, 0.6) is 5.75 Å². The quantitative estimate of drug-likeness (QED) is 0.768. The molecule has 2 fully saturated rings. The van der Waals surface area contributed by atoms with Crippen LogP contribution in [0.4, 0.5) is 0 Å². The van der Waals surface area contributed by atoms with Crippen molar-refractivity contribution in [3.05, 3.63) is 65.2 Å². The normalized spacial score (nSPS) is 38.5. The molecule has 0 spiro atoms. The lowest BCUT2D eigenvalue weighted by Crippen LogP contribution is -2.54. The largest absolute Gasteiger partial charge is 0.497 e. The van der Waals surface area contributed by atoms with Crippen LogP contribution in [-0.4, -0.2) is 29.0 Å². The molecule has 4 heteroatoms. The molecule has 0 saturated heterocycles. The maximum absolute atomic E-state index is 11.5. The topological polar surface area (TPSA) is 73.5 Å². The van der Waals surface area contributed by atoms with Crippen LogP contribution in [0, 0.1) is 28.6 Å². The zero-order valence-corrected chi connectivity index (χ0v) is 18.3. The SMILES string of the molecule is COc1ccc2c(c1)C[C@@H](c1ccccc1)[C@@H]1[C@@H]2CC[C@@]2(C)[C@H]1C[C@@H](O)[C@@]2(O)CC#N. The first-order chi connectivity index (χ1) is 14.9. The van der Waals surface area contributed by atoms with E-state index < -0.39 is 17.1 Å². The maximum Gasteiger partial charge on any atom is 0.119 e. The van der Waals surface area contributed by atoms with E-state index in [0.717, 1.165) is 25.0 Å². The highest BCUT2D eigenvalue weighted by Crippen LogP contribution is 2.67. The van der Waals surface area contributed by atoms with Gasteiger partial charge in [0.25, 0.3) is 0 Å². The number of ether oxygens (including phenoxy) is 1. The minimum Gasteiger partial charge on any atom is -0.497 e. The van der Waals surface area contributed by atoms with Crippen LogP contribution in [-0.2, 0) is 6.42 Å². The number of methoxy groups -OCH3 is 1. The van der Waals surface area contributed by atoms with Crippen LogP contribution in [0.1, 0.15) is 61.1 Å². The second-order valence-corrected chi connectivity index (χ2v) is 10.0. The first-order valence-electron chi connectivity index (χ1n) is 11.4. The summed E-state index contributed by atoms with van der Waals surface area (Å²) in [6, 6.07) is 19.3. The molecule has 0 bridgehead atoms. The van der Waals surface area contributed by atoms with Crippen molar-refractivity contribution in [3.8, 4) is 11.8 Å². The molecular weight excluding hydrogens is 386 g/mol. The fourth-order valence-corrected chi connectivity index (χ4v) is 7.33. The van der Waals surface area contributed by atoms with Gasteiger partial charge in [0, 0.05) is 5.41 Å². The van der Waals surface area contributed by atoms with Crippen molar-refractivity contribution >= 4 is 0 Å².